The Bertz CT molecular complexity index is 322. The van der Waals surface area contributed by atoms with E-state index in [2.05, 4.69) is 0 Å². The Kier molecular flexibility index (Phi) is 10.4. The van der Waals surface area contributed by atoms with Crippen molar-refractivity contribution in [3.05, 3.63) is 0 Å². The number of carboxylic acid groups (broad SMARTS) is 1. The summed E-state index contributed by atoms with van der Waals surface area (Å²) in [7, 11) is 0. The Morgan fingerprint density at radius 1 is 1.00 bits per heavy atom. The molecule has 1 fully saturated rings. The Balaban J connectivity index is 1.89. The van der Waals surface area contributed by atoms with Crippen LogP contribution in [0.4, 0.5) is 0 Å². The van der Waals surface area contributed by atoms with E-state index >= 15 is 0 Å². The number of carboxylic acids is 1. The lowest BCUT2D eigenvalue weighted by Crippen LogP contribution is -2.47. The van der Waals surface area contributed by atoms with Crippen molar-refractivity contribution in [1.29, 1.82) is 0 Å². The van der Waals surface area contributed by atoms with E-state index in [9.17, 15) is 15.0 Å². The molecule has 3 N–H and O–H groups in total. The average Bonchev–Trinajstić information content (AvgIpc) is 2.49. The molecule has 1 heterocycles. The summed E-state index contributed by atoms with van der Waals surface area (Å²) in [6.07, 6.45) is 6.63. The summed E-state index contributed by atoms with van der Waals surface area (Å²) in [6, 6.07) is 0. The van der Waals surface area contributed by atoms with E-state index in [1.54, 1.807) is 6.92 Å². The number of rotatable bonds is 12. The third-order valence-electron chi connectivity index (χ3n) is 4.25. The zero-order chi connectivity index (χ0) is 17.1. The third-order valence-corrected chi connectivity index (χ3v) is 4.25. The summed E-state index contributed by atoms with van der Waals surface area (Å²) in [5, 5.41) is 27.9. The van der Waals surface area contributed by atoms with Gasteiger partial charge in [0.1, 0.15) is 6.10 Å². The van der Waals surface area contributed by atoms with Gasteiger partial charge in [0.05, 0.1) is 12.2 Å². The summed E-state index contributed by atoms with van der Waals surface area (Å²) in [6.45, 7) is 2.34. The van der Waals surface area contributed by atoms with Crippen molar-refractivity contribution in [3.63, 3.8) is 0 Å². The molecule has 4 unspecified atom stereocenters. The third kappa shape index (κ3) is 9.25. The average molecular weight is 332 g/mol. The van der Waals surface area contributed by atoms with E-state index in [1.165, 1.54) is 6.42 Å². The highest BCUT2D eigenvalue weighted by Gasteiger charge is 2.34. The molecule has 6 heteroatoms. The molecular weight excluding hydrogens is 300 g/mol. The van der Waals surface area contributed by atoms with Gasteiger partial charge >= 0.3 is 5.97 Å². The molecular formula is C17H32O6. The predicted octanol–water partition coefficient (Wildman–Crippen LogP) is 2.46. The van der Waals surface area contributed by atoms with Gasteiger partial charge in [0, 0.05) is 19.4 Å². The molecule has 0 aromatic heterocycles. The number of hydrogen-bond donors (Lipinski definition) is 3. The van der Waals surface area contributed by atoms with Crippen molar-refractivity contribution in [2.75, 3.05) is 6.61 Å². The maximum absolute atomic E-state index is 10.4. The molecule has 0 radical (unpaired) electrons. The van der Waals surface area contributed by atoms with Crippen LogP contribution in [0, 0.1) is 0 Å². The minimum absolute atomic E-state index is 0.280. The van der Waals surface area contributed by atoms with Crippen LogP contribution in [0.25, 0.3) is 0 Å². The first kappa shape index (κ1) is 20.4. The number of aliphatic hydroxyl groups is 2. The van der Waals surface area contributed by atoms with Gasteiger partial charge in [-0.05, 0) is 19.8 Å². The van der Waals surface area contributed by atoms with Gasteiger partial charge in [0.25, 0.3) is 0 Å². The SMILES string of the molecule is CC1OC(OCCCCCCCCCCC(=O)O)C(O)CC1O. The quantitative estimate of drug-likeness (QED) is 0.475. The molecule has 0 saturated carbocycles. The smallest absolute Gasteiger partial charge is 0.303 e. The fraction of sp³-hybridized carbons (Fsp3) is 0.941. The van der Waals surface area contributed by atoms with Gasteiger partial charge in [-0.2, -0.15) is 0 Å². The number of hydrogen-bond acceptors (Lipinski definition) is 5. The fourth-order valence-corrected chi connectivity index (χ4v) is 2.73. The van der Waals surface area contributed by atoms with Crippen LogP contribution >= 0.6 is 0 Å². The molecule has 1 aliphatic heterocycles. The molecule has 0 aliphatic carbocycles. The normalized spacial score (nSPS) is 28.0. The molecule has 0 amide bonds. The highest BCUT2D eigenvalue weighted by atomic mass is 16.7. The van der Waals surface area contributed by atoms with Gasteiger partial charge < -0.3 is 24.8 Å². The second-order valence-electron chi connectivity index (χ2n) is 6.42. The number of aliphatic carboxylic acids is 1. The summed E-state index contributed by atoms with van der Waals surface area (Å²) in [5.74, 6) is -0.707. The second kappa shape index (κ2) is 11.8. The van der Waals surface area contributed by atoms with Crippen molar-refractivity contribution < 1.29 is 29.6 Å². The molecule has 0 aromatic carbocycles. The van der Waals surface area contributed by atoms with Crippen LogP contribution in [0.1, 0.15) is 71.1 Å². The van der Waals surface area contributed by atoms with Gasteiger partial charge in [0.15, 0.2) is 6.29 Å². The van der Waals surface area contributed by atoms with Crippen molar-refractivity contribution in [2.45, 2.75) is 95.7 Å². The summed E-state index contributed by atoms with van der Waals surface area (Å²) < 4.78 is 11.0. The highest BCUT2D eigenvalue weighted by molar-refractivity contribution is 5.66. The Morgan fingerprint density at radius 3 is 2.17 bits per heavy atom. The molecule has 136 valence electrons. The summed E-state index contributed by atoms with van der Waals surface area (Å²) in [5.41, 5.74) is 0. The number of aliphatic hydroxyl groups excluding tert-OH is 2. The molecule has 0 spiro atoms. The van der Waals surface area contributed by atoms with Gasteiger partial charge in [-0.25, -0.2) is 0 Å². The van der Waals surface area contributed by atoms with Crippen LogP contribution in [-0.2, 0) is 14.3 Å². The predicted molar refractivity (Wildman–Crippen MR) is 86.1 cm³/mol. The molecule has 6 nitrogen and oxygen atoms in total. The van der Waals surface area contributed by atoms with Gasteiger partial charge in [-0.15, -0.1) is 0 Å². The molecule has 1 saturated heterocycles. The molecule has 1 aliphatic rings. The fourth-order valence-electron chi connectivity index (χ4n) is 2.73. The standard InChI is InChI=1S/C17H32O6/c1-13-14(18)12-15(19)17(23-13)22-11-9-7-5-3-2-4-6-8-10-16(20)21/h13-15,17-19H,2-12H2,1H3,(H,20,21). The molecule has 1 rings (SSSR count). The lowest BCUT2D eigenvalue weighted by atomic mass is 10.0. The van der Waals surface area contributed by atoms with Crippen LogP contribution in [0.15, 0.2) is 0 Å². The Hall–Kier alpha value is -0.690. The number of unbranched alkanes of at least 4 members (excludes halogenated alkanes) is 7. The Morgan fingerprint density at radius 2 is 1.57 bits per heavy atom. The maximum Gasteiger partial charge on any atom is 0.303 e. The second-order valence-corrected chi connectivity index (χ2v) is 6.42. The van der Waals surface area contributed by atoms with Crippen molar-refractivity contribution in [3.8, 4) is 0 Å². The van der Waals surface area contributed by atoms with E-state index in [4.69, 9.17) is 14.6 Å². The van der Waals surface area contributed by atoms with Gasteiger partial charge in [-0.3, -0.25) is 4.79 Å². The molecule has 0 bridgehead atoms. The van der Waals surface area contributed by atoms with Crippen molar-refractivity contribution in [2.24, 2.45) is 0 Å². The first-order valence-electron chi connectivity index (χ1n) is 8.85. The zero-order valence-electron chi connectivity index (χ0n) is 14.2. The van der Waals surface area contributed by atoms with Crippen LogP contribution < -0.4 is 0 Å². The lowest BCUT2D eigenvalue weighted by molar-refractivity contribution is -0.261. The van der Waals surface area contributed by atoms with Crippen LogP contribution in [0.3, 0.4) is 0 Å². The van der Waals surface area contributed by atoms with Crippen LogP contribution in [0.2, 0.25) is 0 Å². The van der Waals surface area contributed by atoms with E-state index in [-0.39, 0.29) is 12.5 Å². The molecule has 23 heavy (non-hydrogen) atoms. The summed E-state index contributed by atoms with van der Waals surface area (Å²) >= 11 is 0. The maximum atomic E-state index is 10.4. The van der Waals surface area contributed by atoms with Gasteiger partial charge in [-0.1, -0.05) is 38.5 Å². The topological polar surface area (TPSA) is 96.2 Å². The van der Waals surface area contributed by atoms with Crippen LogP contribution in [0.5, 0.6) is 0 Å². The minimum Gasteiger partial charge on any atom is -0.481 e. The summed E-state index contributed by atoms with van der Waals surface area (Å²) in [4.78, 5) is 10.4. The zero-order valence-corrected chi connectivity index (χ0v) is 14.2. The van der Waals surface area contributed by atoms with E-state index in [0.717, 1.165) is 44.9 Å². The van der Waals surface area contributed by atoms with E-state index in [0.29, 0.717) is 13.0 Å². The lowest BCUT2D eigenvalue weighted by Gasteiger charge is -2.35. The first-order chi connectivity index (χ1) is 11.0. The van der Waals surface area contributed by atoms with E-state index in [1.807, 2.05) is 0 Å². The number of carbonyl (C=O) groups is 1. The van der Waals surface area contributed by atoms with Gasteiger partial charge in [0.2, 0.25) is 0 Å². The van der Waals surface area contributed by atoms with Crippen LogP contribution in [-0.4, -0.2) is 52.5 Å². The Labute approximate surface area is 138 Å². The van der Waals surface area contributed by atoms with Crippen molar-refractivity contribution >= 4 is 5.97 Å². The minimum atomic E-state index is -0.757. The highest BCUT2D eigenvalue weighted by Crippen LogP contribution is 2.21. The molecule has 4 atom stereocenters. The monoisotopic (exact) mass is 332 g/mol. The van der Waals surface area contributed by atoms with E-state index < -0.39 is 24.5 Å². The van der Waals surface area contributed by atoms with Crippen molar-refractivity contribution in [1.82, 2.24) is 0 Å². The number of ether oxygens (including phenoxy) is 2. The largest absolute Gasteiger partial charge is 0.481 e. The first-order valence-corrected chi connectivity index (χ1v) is 8.85. The molecule has 0 aromatic rings.